The van der Waals surface area contributed by atoms with Gasteiger partial charge in [-0.2, -0.15) is 4.31 Å². The number of hydrazine groups is 1. The highest BCUT2D eigenvalue weighted by Crippen LogP contribution is 2.40. The molecule has 4 aliphatic rings. The van der Waals surface area contributed by atoms with Crippen molar-refractivity contribution in [3.63, 3.8) is 0 Å². The lowest BCUT2D eigenvalue weighted by atomic mass is 9.75. The summed E-state index contributed by atoms with van der Waals surface area (Å²) in [6.07, 6.45) is 3.74. The van der Waals surface area contributed by atoms with Crippen molar-refractivity contribution in [1.82, 2.24) is 14.2 Å². The predicted octanol–water partition coefficient (Wildman–Crippen LogP) is 3.17. The zero-order valence-corrected chi connectivity index (χ0v) is 24.5. The summed E-state index contributed by atoms with van der Waals surface area (Å²) in [7, 11) is -2.38. The van der Waals surface area contributed by atoms with Crippen LogP contribution in [0, 0.1) is 34.5 Å². The minimum Gasteiger partial charge on any atom is -0.453 e. The van der Waals surface area contributed by atoms with Crippen molar-refractivity contribution in [2.24, 2.45) is 29.6 Å². The van der Waals surface area contributed by atoms with Gasteiger partial charge in [0, 0.05) is 31.9 Å². The van der Waals surface area contributed by atoms with E-state index in [1.165, 1.54) is 19.2 Å². The lowest BCUT2D eigenvalue weighted by Crippen LogP contribution is -2.51. The first kappa shape index (κ1) is 28.8. The zero-order valence-electron chi connectivity index (χ0n) is 23.7. The molecule has 4 saturated heterocycles. The summed E-state index contributed by atoms with van der Waals surface area (Å²) in [5.74, 6) is 1.52. The Hall–Kier alpha value is -2.73. The summed E-state index contributed by atoms with van der Waals surface area (Å²) >= 11 is 0. The number of carbonyl (C=O) groups excluding carboxylic acids is 2. The van der Waals surface area contributed by atoms with E-state index < -0.39 is 16.1 Å². The first-order valence-corrected chi connectivity index (χ1v) is 16.0. The number of nitrogens with one attached hydrogen (secondary N) is 1. The van der Waals surface area contributed by atoms with Gasteiger partial charge in [-0.3, -0.25) is 10.1 Å². The van der Waals surface area contributed by atoms with Crippen molar-refractivity contribution in [1.29, 1.82) is 0 Å². The van der Waals surface area contributed by atoms with Gasteiger partial charge in [-0.05, 0) is 80.0 Å². The van der Waals surface area contributed by atoms with Gasteiger partial charge >= 0.3 is 6.09 Å². The molecule has 5 unspecified atom stereocenters. The molecule has 40 heavy (non-hydrogen) atoms. The molecule has 0 aliphatic carbocycles. The van der Waals surface area contributed by atoms with E-state index in [-0.39, 0.29) is 29.3 Å². The van der Waals surface area contributed by atoms with E-state index in [4.69, 9.17) is 0 Å². The number of hydrogen-bond donors (Lipinski definition) is 1. The number of piperidine rings is 3. The molecule has 2 amide bonds. The average molecular weight is 577 g/mol. The molecular weight excluding hydrogens is 534 g/mol. The average Bonchev–Trinajstić information content (AvgIpc) is 3.28. The van der Waals surface area contributed by atoms with Crippen LogP contribution in [0.4, 0.5) is 10.5 Å². The van der Waals surface area contributed by atoms with Crippen molar-refractivity contribution < 1.29 is 27.6 Å². The van der Waals surface area contributed by atoms with Crippen LogP contribution in [0.3, 0.4) is 0 Å². The Morgan fingerprint density at radius 2 is 1.57 bits per heavy atom. The second-order valence-corrected chi connectivity index (χ2v) is 14.2. The monoisotopic (exact) mass is 576 g/mol. The van der Waals surface area contributed by atoms with Gasteiger partial charge in [0.2, 0.25) is 22.5 Å². The maximum atomic E-state index is 13.6. The van der Waals surface area contributed by atoms with E-state index in [2.05, 4.69) is 23.9 Å². The fourth-order valence-corrected chi connectivity index (χ4v) is 8.89. The van der Waals surface area contributed by atoms with Gasteiger partial charge in [-0.15, -0.1) is 5.01 Å². The Morgan fingerprint density at radius 1 is 0.950 bits per heavy atom. The first-order chi connectivity index (χ1) is 19.1. The molecule has 5 rings (SSSR count). The SMILES string of the molecule is COC(=O)Nc1ccc(S(=O)(=O)N2CCC(C3CCN4C(C3)C(C(=O)N3CC(C)CC(C)C3)C[N+]4=O)CC2)cc1. The maximum Gasteiger partial charge on any atom is 0.411 e. The molecule has 4 aliphatic heterocycles. The fourth-order valence-electron chi connectivity index (χ4n) is 7.42. The molecule has 0 radical (unpaired) electrons. The second-order valence-electron chi connectivity index (χ2n) is 12.2. The van der Waals surface area contributed by atoms with E-state index in [1.54, 1.807) is 16.4 Å². The number of hydrogen-bond acceptors (Lipinski definition) is 6. The van der Waals surface area contributed by atoms with Crippen LogP contribution < -0.4 is 5.32 Å². The molecule has 5 atom stereocenters. The molecule has 4 fully saturated rings. The Kier molecular flexibility index (Phi) is 8.37. The van der Waals surface area contributed by atoms with E-state index in [0.29, 0.717) is 49.0 Å². The third-order valence-corrected chi connectivity index (χ3v) is 11.3. The third kappa shape index (κ3) is 5.83. The molecule has 0 bridgehead atoms. The van der Waals surface area contributed by atoms with E-state index in [9.17, 15) is 22.9 Å². The molecule has 1 aromatic carbocycles. The molecule has 1 aromatic rings. The Bertz CT molecular complexity index is 1210. The molecule has 0 saturated carbocycles. The Labute approximate surface area is 236 Å². The molecular formula is C28H42N5O6S+. The number of carbonyl (C=O) groups is 2. The molecule has 11 nitrogen and oxygen atoms in total. The zero-order chi connectivity index (χ0) is 28.6. The topological polar surface area (TPSA) is 119 Å². The number of ether oxygens (including phenoxy) is 1. The molecule has 0 aromatic heterocycles. The van der Waals surface area contributed by atoms with Crippen molar-refractivity contribution in [2.45, 2.75) is 56.9 Å². The molecule has 0 spiro atoms. The van der Waals surface area contributed by atoms with E-state index in [0.717, 1.165) is 50.1 Å². The number of benzene rings is 1. The number of rotatable bonds is 5. The van der Waals surface area contributed by atoms with Crippen molar-refractivity contribution in [3.05, 3.63) is 29.2 Å². The number of likely N-dealkylation sites (tertiary alicyclic amines) is 1. The van der Waals surface area contributed by atoms with Crippen LogP contribution in [0.5, 0.6) is 0 Å². The second kappa shape index (κ2) is 11.6. The molecule has 220 valence electrons. The van der Waals surface area contributed by atoms with Gasteiger partial charge in [0.05, 0.1) is 23.5 Å². The lowest BCUT2D eigenvalue weighted by molar-refractivity contribution is -0.692. The summed E-state index contributed by atoms with van der Waals surface area (Å²) in [6, 6.07) is 6.02. The predicted molar refractivity (Wildman–Crippen MR) is 149 cm³/mol. The standard InChI is InChI=1S/C28H41N5O6S/c1-19-14-20(2)17-30(16-19)27(34)25-18-33(36)32-13-10-22(15-26(25)32)21-8-11-31(12-9-21)40(37,38)24-6-4-23(5-7-24)29-28(35)39-3/h4-7,19-22,25-26H,8-18H2,1-3H3/p+1. The summed E-state index contributed by atoms with van der Waals surface area (Å²) in [5.41, 5.74) is 0.459. The highest BCUT2D eigenvalue weighted by Gasteiger charge is 2.54. The van der Waals surface area contributed by atoms with Crippen molar-refractivity contribution >= 4 is 27.7 Å². The summed E-state index contributed by atoms with van der Waals surface area (Å²) in [5, 5.41) is 4.39. The molecule has 4 heterocycles. The number of methoxy groups -OCH3 is 1. The minimum atomic E-state index is -3.65. The number of amides is 2. The van der Waals surface area contributed by atoms with E-state index in [1.807, 2.05) is 9.91 Å². The Morgan fingerprint density at radius 3 is 2.20 bits per heavy atom. The van der Waals surface area contributed by atoms with Gasteiger partial charge in [0.15, 0.2) is 0 Å². The normalized spacial score (nSPS) is 30.2. The molecule has 12 heteroatoms. The van der Waals surface area contributed by atoms with Gasteiger partial charge in [0.25, 0.3) is 0 Å². The van der Waals surface area contributed by atoms with Gasteiger partial charge in [-0.25, -0.2) is 13.2 Å². The van der Waals surface area contributed by atoms with Crippen LogP contribution in [0.25, 0.3) is 0 Å². The number of fused-ring (bicyclic) bond motifs is 1. The van der Waals surface area contributed by atoms with Crippen molar-refractivity contribution in [3.8, 4) is 0 Å². The van der Waals surface area contributed by atoms with Crippen LogP contribution in [-0.4, -0.2) is 91.9 Å². The Balaban J connectivity index is 1.19. The first-order valence-electron chi connectivity index (χ1n) is 14.5. The highest BCUT2D eigenvalue weighted by molar-refractivity contribution is 7.89. The van der Waals surface area contributed by atoms with Crippen molar-refractivity contribution in [2.75, 3.05) is 51.7 Å². The summed E-state index contributed by atoms with van der Waals surface area (Å²) < 4.78 is 32.7. The number of nitroso groups, excluding NO2 is 1. The van der Waals surface area contributed by atoms with Crippen LogP contribution in [0.15, 0.2) is 29.2 Å². The quantitative estimate of drug-likeness (QED) is 0.535. The number of anilines is 1. The third-order valence-electron chi connectivity index (χ3n) is 9.35. The van der Waals surface area contributed by atoms with Gasteiger partial charge in [0.1, 0.15) is 16.8 Å². The minimum absolute atomic E-state index is 0.0739. The van der Waals surface area contributed by atoms with Crippen LogP contribution in [-0.2, 0) is 19.6 Å². The van der Waals surface area contributed by atoms with Gasteiger partial charge in [-0.1, -0.05) is 13.8 Å². The number of sulfonamides is 1. The fraction of sp³-hybridized carbons (Fsp3) is 0.714. The highest BCUT2D eigenvalue weighted by atomic mass is 32.2. The summed E-state index contributed by atoms with van der Waals surface area (Å²) in [4.78, 5) is 40.9. The van der Waals surface area contributed by atoms with Crippen LogP contribution >= 0.6 is 0 Å². The number of nitrogens with zero attached hydrogens (tertiary/aromatic N) is 4. The smallest absolute Gasteiger partial charge is 0.411 e. The van der Waals surface area contributed by atoms with E-state index >= 15 is 0 Å². The maximum absolute atomic E-state index is 13.6. The van der Waals surface area contributed by atoms with Crippen LogP contribution in [0.2, 0.25) is 0 Å². The molecule has 1 N–H and O–H groups in total. The largest absolute Gasteiger partial charge is 0.453 e. The summed E-state index contributed by atoms with van der Waals surface area (Å²) in [6.45, 7) is 7.70. The van der Waals surface area contributed by atoms with Crippen LogP contribution in [0.1, 0.15) is 46.0 Å². The van der Waals surface area contributed by atoms with Gasteiger partial charge < -0.3 is 9.64 Å². The lowest BCUT2D eigenvalue weighted by Gasteiger charge is -2.40.